The van der Waals surface area contributed by atoms with E-state index in [0.717, 1.165) is 16.9 Å². The van der Waals surface area contributed by atoms with Gasteiger partial charge in [-0.2, -0.15) is 4.98 Å². The number of pyridine rings is 1. The Morgan fingerprint density at radius 2 is 2.00 bits per heavy atom. The lowest BCUT2D eigenvalue weighted by Gasteiger charge is -2.30. The Morgan fingerprint density at radius 1 is 1.31 bits per heavy atom. The van der Waals surface area contributed by atoms with Crippen molar-refractivity contribution in [2.45, 2.75) is 57.2 Å². The second-order valence-electron chi connectivity index (χ2n) is 8.43. The highest BCUT2D eigenvalue weighted by Gasteiger charge is 2.35. The third-order valence-corrected chi connectivity index (χ3v) is 7.67. The van der Waals surface area contributed by atoms with Gasteiger partial charge in [-0.05, 0) is 31.7 Å². The van der Waals surface area contributed by atoms with Crippen LogP contribution in [0, 0.1) is 5.92 Å². The highest BCUT2D eigenvalue weighted by molar-refractivity contribution is 7.88. The maximum atomic E-state index is 13.9. The molecule has 3 atom stereocenters. The zero-order chi connectivity index (χ0) is 25.1. The largest absolute Gasteiger partial charge is 0.393 e. The minimum atomic E-state index is -4.12. The molecule has 4 rings (SSSR count). The van der Waals surface area contributed by atoms with E-state index in [-0.39, 0.29) is 42.9 Å². The van der Waals surface area contributed by atoms with E-state index in [4.69, 9.17) is 2.74 Å². The van der Waals surface area contributed by atoms with Gasteiger partial charge in [0.15, 0.2) is 0 Å². The minimum absolute atomic E-state index is 0.0000350. The Labute approximate surface area is 187 Å². The summed E-state index contributed by atoms with van der Waals surface area (Å²) in [5.41, 5.74) is -1.98. The van der Waals surface area contributed by atoms with Gasteiger partial charge in [0.2, 0.25) is 16.0 Å². The lowest BCUT2D eigenvalue weighted by molar-refractivity contribution is 0.127. The first-order valence-electron chi connectivity index (χ1n) is 11.4. The molecule has 12 heteroatoms. The van der Waals surface area contributed by atoms with Crippen molar-refractivity contribution in [1.82, 2.24) is 18.8 Å². The molecule has 3 heterocycles. The highest BCUT2D eigenvalue weighted by atomic mass is 32.2. The molecular weight excluding hydrogens is 444 g/mol. The fourth-order valence-corrected chi connectivity index (χ4v) is 5.33. The molecule has 1 saturated heterocycles. The monoisotopic (exact) mass is 473 g/mol. The van der Waals surface area contributed by atoms with Gasteiger partial charge in [-0.15, -0.1) is 0 Å². The topological polar surface area (TPSA) is 117 Å². The van der Waals surface area contributed by atoms with Crippen LogP contribution in [0.15, 0.2) is 17.1 Å². The van der Waals surface area contributed by atoms with Crippen LogP contribution in [0.2, 0.25) is 0 Å². The Balaban J connectivity index is 1.75. The number of hydrogen-bond donors (Lipinski definition) is 2. The van der Waals surface area contributed by atoms with Gasteiger partial charge in [0.25, 0.3) is 12.0 Å². The molecule has 1 aliphatic carbocycles. The fourth-order valence-electron chi connectivity index (χ4n) is 4.48. The summed E-state index contributed by atoms with van der Waals surface area (Å²) >= 11 is 0. The standard InChI is InChI=1S/C20H27F2N5O4S/c1-11-15(3-4-16(11)28)27-18-12(9-14(17(21)22)19(27)29)10-23-20(25-18)24-13-5-7-26(8-6-13)32(2,30)31/h9-11,13,15-17,28H,3-8H2,1-2H3,(H,23,24,25)/t11-,15-,16-/m0/s1/i13D,17D. The number of aliphatic hydroxyl groups is 1. The molecule has 9 nitrogen and oxygen atoms in total. The number of aliphatic hydroxyl groups excluding tert-OH is 1. The summed E-state index contributed by atoms with van der Waals surface area (Å²) in [6, 6.07) is -0.953. The summed E-state index contributed by atoms with van der Waals surface area (Å²) in [5, 5.41) is 13.2. The van der Waals surface area contributed by atoms with Gasteiger partial charge in [0.05, 0.1) is 19.3 Å². The molecule has 0 aromatic carbocycles. The van der Waals surface area contributed by atoms with Crippen molar-refractivity contribution in [2.24, 2.45) is 5.92 Å². The third kappa shape index (κ3) is 4.35. The average molecular weight is 474 g/mol. The molecule has 0 unspecified atom stereocenters. The van der Waals surface area contributed by atoms with Crippen LogP contribution in [0.4, 0.5) is 14.7 Å². The van der Waals surface area contributed by atoms with Crippen molar-refractivity contribution in [3.8, 4) is 0 Å². The quantitative estimate of drug-likeness (QED) is 0.681. The second-order valence-corrected chi connectivity index (χ2v) is 10.4. The molecule has 2 aromatic heterocycles. The van der Waals surface area contributed by atoms with E-state index in [0.29, 0.717) is 12.8 Å². The van der Waals surface area contributed by atoms with E-state index < -0.39 is 51.6 Å². The lowest BCUT2D eigenvalue weighted by atomic mass is 10.0. The number of alkyl halides is 2. The number of aromatic nitrogens is 3. The molecule has 0 bridgehead atoms. The summed E-state index contributed by atoms with van der Waals surface area (Å²) in [5.74, 6) is -0.398. The molecule has 2 N–H and O–H groups in total. The Hall–Kier alpha value is -2.18. The van der Waals surface area contributed by atoms with Crippen LogP contribution < -0.4 is 10.9 Å². The Morgan fingerprint density at radius 3 is 2.56 bits per heavy atom. The van der Waals surface area contributed by atoms with Crippen molar-refractivity contribution in [3.05, 3.63) is 28.2 Å². The van der Waals surface area contributed by atoms with Gasteiger partial charge < -0.3 is 10.4 Å². The molecule has 176 valence electrons. The number of halogens is 2. The second kappa shape index (κ2) is 8.64. The van der Waals surface area contributed by atoms with Crippen LogP contribution in [-0.4, -0.2) is 63.8 Å². The van der Waals surface area contributed by atoms with E-state index in [9.17, 15) is 27.1 Å². The SMILES string of the molecule is [2H]C1(Nc2ncc3cc(C([2H])(F)F)c(=O)n([C@H]4CC[C@H](O)[C@H]4C)c3n2)CCN(S(C)(=O)=O)CC1. The molecule has 0 spiro atoms. The molecule has 0 radical (unpaired) electrons. The molecule has 2 fully saturated rings. The van der Waals surface area contributed by atoms with Gasteiger partial charge in [0.1, 0.15) is 7.02 Å². The van der Waals surface area contributed by atoms with Crippen LogP contribution in [0.25, 0.3) is 11.0 Å². The molecule has 32 heavy (non-hydrogen) atoms. The number of nitrogens with one attached hydrogen (secondary N) is 1. The summed E-state index contributed by atoms with van der Waals surface area (Å²) in [6.45, 7) is 2.01. The van der Waals surface area contributed by atoms with Gasteiger partial charge in [-0.1, -0.05) is 6.92 Å². The first-order valence-corrected chi connectivity index (χ1v) is 12.3. The van der Waals surface area contributed by atoms with Crippen LogP contribution in [0.5, 0.6) is 0 Å². The minimum Gasteiger partial charge on any atom is -0.393 e. The van der Waals surface area contributed by atoms with E-state index >= 15 is 0 Å². The van der Waals surface area contributed by atoms with Crippen LogP contribution in [0.1, 0.15) is 53.4 Å². The first kappa shape index (κ1) is 20.4. The summed E-state index contributed by atoms with van der Waals surface area (Å²) in [6.07, 6.45) is -1.36. The zero-order valence-electron chi connectivity index (χ0n) is 19.8. The number of rotatable bonds is 5. The van der Waals surface area contributed by atoms with Gasteiger partial charge >= 0.3 is 0 Å². The third-order valence-electron chi connectivity index (χ3n) is 6.36. The maximum Gasteiger partial charge on any atom is 0.269 e. The lowest BCUT2D eigenvalue weighted by Crippen LogP contribution is -2.42. The van der Waals surface area contributed by atoms with Crippen molar-refractivity contribution in [1.29, 1.82) is 0 Å². The fraction of sp³-hybridized carbons (Fsp3) is 0.650. The number of nitrogens with zero attached hydrogens (tertiary/aromatic N) is 4. The first-order chi connectivity index (χ1) is 15.7. The highest BCUT2D eigenvalue weighted by Crippen LogP contribution is 2.37. The summed E-state index contributed by atoms with van der Waals surface area (Å²) < 4.78 is 69.5. The normalized spacial score (nSPS) is 27.8. The van der Waals surface area contributed by atoms with E-state index in [1.807, 2.05) is 0 Å². The van der Waals surface area contributed by atoms with Crippen molar-refractivity contribution in [3.63, 3.8) is 0 Å². The predicted octanol–water partition coefficient (Wildman–Crippen LogP) is 1.90. The number of piperidine rings is 1. The van der Waals surface area contributed by atoms with E-state index in [1.54, 1.807) is 6.92 Å². The van der Waals surface area contributed by atoms with Gasteiger partial charge in [-0.25, -0.2) is 26.5 Å². The van der Waals surface area contributed by atoms with Crippen molar-refractivity contribution < 1.29 is 25.0 Å². The molecule has 1 saturated carbocycles. The predicted molar refractivity (Wildman–Crippen MR) is 115 cm³/mol. The van der Waals surface area contributed by atoms with Crippen LogP contribution in [0.3, 0.4) is 0 Å². The molecule has 0 amide bonds. The number of anilines is 1. The van der Waals surface area contributed by atoms with Crippen LogP contribution in [-0.2, 0) is 10.0 Å². The van der Waals surface area contributed by atoms with Gasteiger partial charge in [-0.3, -0.25) is 9.36 Å². The molecule has 2 aliphatic rings. The van der Waals surface area contributed by atoms with Gasteiger partial charge in [0, 0.05) is 42.7 Å². The Bertz CT molecular complexity index is 1260. The number of hydrogen-bond acceptors (Lipinski definition) is 7. The Kier molecular flexibility index (Phi) is 5.51. The molecule has 2 aromatic rings. The van der Waals surface area contributed by atoms with E-state index in [2.05, 4.69) is 15.3 Å². The molecular formula is C20H27F2N5O4S. The summed E-state index contributed by atoms with van der Waals surface area (Å²) in [7, 11) is -3.37. The van der Waals surface area contributed by atoms with Crippen molar-refractivity contribution >= 4 is 27.0 Å². The molecule has 1 aliphatic heterocycles. The smallest absolute Gasteiger partial charge is 0.269 e. The van der Waals surface area contributed by atoms with Crippen LogP contribution >= 0.6 is 0 Å². The average Bonchev–Trinajstić information content (AvgIpc) is 3.04. The number of sulfonamides is 1. The van der Waals surface area contributed by atoms with E-state index in [1.165, 1.54) is 10.5 Å². The zero-order valence-corrected chi connectivity index (χ0v) is 18.6. The number of fused-ring (bicyclic) bond motifs is 1. The van der Waals surface area contributed by atoms with Crippen molar-refractivity contribution in [2.75, 3.05) is 24.7 Å². The summed E-state index contributed by atoms with van der Waals surface area (Å²) in [4.78, 5) is 21.6. The maximum absolute atomic E-state index is 13.9.